The topological polar surface area (TPSA) is 67.6 Å². The summed E-state index contributed by atoms with van der Waals surface area (Å²) in [5, 5.41) is 3.07. The lowest BCUT2D eigenvalue weighted by atomic mass is 9.85. The predicted octanol–water partition coefficient (Wildman–Crippen LogP) is 1.58. The largest absolute Gasteiger partial charge is 0.379 e. The van der Waals surface area contributed by atoms with Crippen LogP contribution in [-0.2, 0) is 9.53 Å². The molecule has 3 N–H and O–H groups in total. The van der Waals surface area contributed by atoms with Crippen LogP contribution in [0.2, 0.25) is 0 Å². The van der Waals surface area contributed by atoms with E-state index >= 15 is 0 Å². The van der Waals surface area contributed by atoms with Crippen molar-refractivity contribution in [2.45, 2.75) is 44.6 Å². The molecular weight excluding hydrogens is 325 g/mol. The molecule has 22 heavy (non-hydrogen) atoms. The summed E-state index contributed by atoms with van der Waals surface area (Å²) in [5.41, 5.74) is 5.93. The van der Waals surface area contributed by atoms with Crippen LogP contribution in [0.15, 0.2) is 0 Å². The van der Waals surface area contributed by atoms with Gasteiger partial charge in [0.1, 0.15) is 0 Å². The van der Waals surface area contributed by atoms with Crippen molar-refractivity contribution in [2.24, 2.45) is 11.7 Å². The lowest BCUT2D eigenvalue weighted by molar-refractivity contribution is -0.126. The molecule has 2 unspecified atom stereocenters. The summed E-state index contributed by atoms with van der Waals surface area (Å²) in [4.78, 5) is 14.5. The number of carbonyl (C=O) groups is 1. The van der Waals surface area contributed by atoms with Crippen LogP contribution in [0.5, 0.6) is 0 Å². The quantitative estimate of drug-likeness (QED) is 0.709. The van der Waals surface area contributed by atoms with Crippen molar-refractivity contribution < 1.29 is 9.53 Å². The SMILES string of the molecule is Cl.Cl.NC1CCCC(C(=O)NCCCCN2CCOCC2)C1. The van der Waals surface area contributed by atoms with Gasteiger partial charge in [0.2, 0.25) is 5.91 Å². The molecule has 1 saturated carbocycles. The van der Waals surface area contributed by atoms with E-state index < -0.39 is 0 Å². The minimum Gasteiger partial charge on any atom is -0.379 e. The minimum absolute atomic E-state index is 0. The van der Waals surface area contributed by atoms with E-state index in [1.165, 1.54) is 0 Å². The zero-order chi connectivity index (χ0) is 14.2. The number of nitrogens with zero attached hydrogens (tertiary/aromatic N) is 1. The molecule has 1 amide bonds. The highest BCUT2D eigenvalue weighted by atomic mass is 35.5. The van der Waals surface area contributed by atoms with Gasteiger partial charge in [0, 0.05) is 31.6 Å². The van der Waals surface area contributed by atoms with Crippen molar-refractivity contribution in [3.05, 3.63) is 0 Å². The molecule has 0 aromatic heterocycles. The summed E-state index contributed by atoms with van der Waals surface area (Å²) < 4.78 is 5.33. The van der Waals surface area contributed by atoms with Gasteiger partial charge in [-0.15, -0.1) is 24.8 Å². The smallest absolute Gasteiger partial charge is 0.223 e. The highest BCUT2D eigenvalue weighted by Crippen LogP contribution is 2.23. The van der Waals surface area contributed by atoms with Gasteiger partial charge in [0.25, 0.3) is 0 Å². The van der Waals surface area contributed by atoms with Crippen LogP contribution in [0.1, 0.15) is 38.5 Å². The number of carbonyl (C=O) groups excluding carboxylic acids is 1. The second-order valence-electron chi connectivity index (χ2n) is 6.08. The van der Waals surface area contributed by atoms with Crippen molar-refractivity contribution in [3.8, 4) is 0 Å². The first-order chi connectivity index (χ1) is 9.75. The van der Waals surface area contributed by atoms with Gasteiger partial charge in [-0.3, -0.25) is 9.69 Å². The van der Waals surface area contributed by atoms with Gasteiger partial charge in [-0.1, -0.05) is 6.42 Å². The van der Waals surface area contributed by atoms with E-state index in [1.54, 1.807) is 0 Å². The summed E-state index contributed by atoms with van der Waals surface area (Å²) in [6.45, 7) is 5.73. The highest BCUT2D eigenvalue weighted by molar-refractivity contribution is 5.85. The van der Waals surface area contributed by atoms with Gasteiger partial charge in [0.05, 0.1) is 13.2 Å². The Morgan fingerprint density at radius 2 is 1.91 bits per heavy atom. The summed E-state index contributed by atoms with van der Waals surface area (Å²) >= 11 is 0. The number of unbranched alkanes of at least 4 members (excludes halogenated alkanes) is 1. The van der Waals surface area contributed by atoms with Crippen molar-refractivity contribution in [3.63, 3.8) is 0 Å². The molecule has 2 rings (SSSR count). The number of nitrogens with two attached hydrogens (primary N) is 1. The second-order valence-corrected chi connectivity index (χ2v) is 6.08. The van der Waals surface area contributed by atoms with Crippen LogP contribution in [0.4, 0.5) is 0 Å². The van der Waals surface area contributed by atoms with E-state index in [0.717, 1.165) is 77.9 Å². The van der Waals surface area contributed by atoms with E-state index in [1.807, 2.05) is 0 Å². The van der Waals surface area contributed by atoms with Crippen molar-refractivity contribution in [1.82, 2.24) is 10.2 Å². The molecule has 1 saturated heterocycles. The summed E-state index contributed by atoms with van der Waals surface area (Å²) in [6, 6.07) is 0.223. The summed E-state index contributed by atoms with van der Waals surface area (Å²) in [6.07, 6.45) is 6.23. The average molecular weight is 356 g/mol. The molecule has 0 radical (unpaired) electrons. The highest BCUT2D eigenvalue weighted by Gasteiger charge is 2.24. The number of hydrogen-bond donors (Lipinski definition) is 2. The molecule has 2 aliphatic rings. The molecule has 2 atom stereocenters. The van der Waals surface area contributed by atoms with Crippen molar-refractivity contribution in [1.29, 1.82) is 0 Å². The Balaban J connectivity index is 0.00000220. The number of nitrogens with one attached hydrogen (secondary N) is 1. The van der Waals surface area contributed by atoms with Crippen LogP contribution in [0, 0.1) is 5.92 Å². The van der Waals surface area contributed by atoms with Gasteiger partial charge >= 0.3 is 0 Å². The Hall–Kier alpha value is -0.0700. The third-order valence-corrected chi connectivity index (χ3v) is 4.39. The number of morpholine rings is 1. The number of rotatable bonds is 6. The lowest BCUT2D eigenvalue weighted by Crippen LogP contribution is -2.39. The molecule has 1 aliphatic heterocycles. The Labute approximate surface area is 146 Å². The molecule has 5 nitrogen and oxygen atoms in total. The number of amides is 1. The van der Waals surface area contributed by atoms with Gasteiger partial charge in [0.15, 0.2) is 0 Å². The number of ether oxygens (including phenoxy) is 1. The van der Waals surface area contributed by atoms with Crippen molar-refractivity contribution in [2.75, 3.05) is 39.4 Å². The molecule has 0 spiro atoms. The van der Waals surface area contributed by atoms with Gasteiger partial charge in [-0.25, -0.2) is 0 Å². The average Bonchev–Trinajstić information content (AvgIpc) is 2.48. The third-order valence-electron chi connectivity index (χ3n) is 4.39. The van der Waals surface area contributed by atoms with Crippen LogP contribution < -0.4 is 11.1 Å². The zero-order valence-electron chi connectivity index (χ0n) is 13.3. The van der Waals surface area contributed by atoms with E-state index in [-0.39, 0.29) is 42.7 Å². The summed E-state index contributed by atoms with van der Waals surface area (Å²) in [7, 11) is 0. The maximum absolute atomic E-state index is 12.0. The molecule has 132 valence electrons. The lowest BCUT2D eigenvalue weighted by Gasteiger charge is -2.27. The van der Waals surface area contributed by atoms with Crippen LogP contribution in [0.25, 0.3) is 0 Å². The molecule has 2 fully saturated rings. The van der Waals surface area contributed by atoms with Crippen molar-refractivity contribution >= 4 is 30.7 Å². The first-order valence-electron chi connectivity index (χ1n) is 8.09. The molecule has 1 aliphatic carbocycles. The Kier molecular flexibility index (Phi) is 12.3. The second kappa shape index (κ2) is 12.4. The molecule has 0 aromatic carbocycles. The molecule has 1 heterocycles. The zero-order valence-corrected chi connectivity index (χ0v) is 14.9. The van der Waals surface area contributed by atoms with E-state index in [4.69, 9.17) is 10.5 Å². The first-order valence-corrected chi connectivity index (χ1v) is 8.09. The van der Waals surface area contributed by atoms with Crippen LogP contribution in [0.3, 0.4) is 0 Å². The fourth-order valence-electron chi connectivity index (χ4n) is 3.11. The third kappa shape index (κ3) is 7.97. The Bertz CT molecular complexity index is 303. The fourth-order valence-corrected chi connectivity index (χ4v) is 3.11. The standard InChI is InChI=1S/C15H29N3O2.2ClH/c16-14-5-3-4-13(12-14)15(19)17-6-1-2-7-18-8-10-20-11-9-18;;/h13-14H,1-12,16H2,(H,17,19);2*1H. The maximum atomic E-state index is 12.0. The summed E-state index contributed by atoms with van der Waals surface area (Å²) in [5.74, 6) is 0.365. The normalized spacial score (nSPS) is 25.7. The van der Waals surface area contributed by atoms with E-state index in [0.29, 0.717) is 0 Å². The predicted molar refractivity (Wildman–Crippen MR) is 93.9 cm³/mol. The fraction of sp³-hybridized carbons (Fsp3) is 0.933. The molecule has 0 aromatic rings. The monoisotopic (exact) mass is 355 g/mol. The van der Waals surface area contributed by atoms with Gasteiger partial charge in [-0.05, 0) is 38.6 Å². The minimum atomic E-state index is 0. The van der Waals surface area contributed by atoms with E-state index in [2.05, 4.69) is 10.2 Å². The Morgan fingerprint density at radius 1 is 1.18 bits per heavy atom. The van der Waals surface area contributed by atoms with Gasteiger partial charge in [-0.2, -0.15) is 0 Å². The molecule has 0 bridgehead atoms. The first kappa shape index (κ1) is 21.9. The molecular formula is C15H31Cl2N3O2. The number of halogens is 2. The Morgan fingerprint density at radius 3 is 2.59 bits per heavy atom. The van der Waals surface area contributed by atoms with Gasteiger partial charge < -0.3 is 15.8 Å². The van der Waals surface area contributed by atoms with E-state index in [9.17, 15) is 4.79 Å². The molecule has 7 heteroatoms. The van der Waals surface area contributed by atoms with Crippen LogP contribution in [-0.4, -0.2) is 56.2 Å². The maximum Gasteiger partial charge on any atom is 0.223 e. The van der Waals surface area contributed by atoms with Crippen LogP contribution >= 0.6 is 24.8 Å². The number of hydrogen-bond acceptors (Lipinski definition) is 4.